The number of nitrogens with one attached hydrogen (secondary N) is 1. The van der Waals surface area contributed by atoms with Crippen LogP contribution in [0.4, 0.5) is 4.79 Å². The molecule has 0 radical (unpaired) electrons. The van der Waals surface area contributed by atoms with Crippen LogP contribution < -0.4 is 11.2 Å². The van der Waals surface area contributed by atoms with Gasteiger partial charge >= 0.3 is 11.8 Å². The highest BCUT2D eigenvalue weighted by Gasteiger charge is 2.51. The zero-order valence-corrected chi connectivity index (χ0v) is 21.9. The molecule has 3 aliphatic heterocycles. The van der Waals surface area contributed by atoms with E-state index in [1.54, 1.807) is 27.7 Å². The van der Waals surface area contributed by atoms with Gasteiger partial charge in [0.1, 0.15) is 17.8 Å². The number of nitrogens with zero attached hydrogens (tertiary/aromatic N) is 1. The topological polar surface area (TPSA) is 137 Å². The summed E-state index contributed by atoms with van der Waals surface area (Å²) in [6.07, 6.45) is 0.993. The van der Waals surface area contributed by atoms with Crippen molar-refractivity contribution in [2.24, 2.45) is 0 Å². The van der Waals surface area contributed by atoms with Gasteiger partial charge < -0.3 is 33.2 Å². The maximum absolute atomic E-state index is 12.8. The maximum atomic E-state index is 12.8. The van der Waals surface area contributed by atoms with Gasteiger partial charge in [0, 0.05) is 25.0 Å². The van der Waals surface area contributed by atoms with E-state index in [-0.39, 0.29) is 12.9 Å². The molecule has 37 heavy (non-hydrogen) atoms. The van der Waals surface area contributed by atoms with Crippen LogP contribution in [-0.2, 0) is 33.2 Å². The molecule has 0 aromatic carbocycles. The summed E-state index contributed by atoms with van der Waals surface area (Å²) in [5.41, 5.74) is -1.73. The molecule has 0 spiro atoms. The molecule has 6 atom stereocenters. The summed E-state index contributed by atoms with van der Waals surface area (Å²) in [5.74, 6) is 0. The third kappa shape index (κ3) is 7.41. The molecular formula is C25H38N2O10. The van der Waals surface area contributed by atoms with Crippen LogP contribution in [0.3, 0.4) is 0 Å². The molecule has 3 fully saturated rings. The maximum Gasteiger partial charge on any atom is 0.509 e. The normalized spacial score (nSPS) is 30.7. The van der Waals surface area contributed by atoms with Crippen LogP contribution in [0.15, 0.2) is 15.8 Å². The largest absolute Gasteiger partial charge is 0.509 e. The van der Waals surface area contributed by atoms with Crippen LogP contribution in [0.5, 0.6) is 0 Å². The molecule has 12 heteroatoms. The monoisotopic (exact) mass is 526 g/mol. The number of H-pyrrole nitrogens is 1. The average Bonchev–Trinajstić information content (AvgIpc) is 3.16. The Morgan fingerprint density at radius 1 is 1.05 bits per heavy atom. The molecule has 0 aliphatic carbocycles. The molecule has 0 amide bonds. The summed E-state index contributed by atoms with van der Waals surface area (Å²) in [4.78, 5) is 39.8. The van der Waals surface area contributed by atoms with Crippen molar-refractivity contribution in [2.75, 3.05) is 19.8 Å². The summed E-state index contributed by atoms with van der Waals surface area (Å²) in [6.45, 7) is 7.97. The lowest BCUT2D eigenvalue weighted by Gasteiger charge is -2.31. The number of ether oxygens (including phenoxy) is 7. The summed E-state index contributed by atoms with van der Waals surface area (Å²) in [7, 11) is 0. The zero-order chi connectivity index (χ0) is 26.6. The first-order valence-electron chi connectivity index (χ1n) is 13.0. The van der Waals surface area contributed by atoms with Crippen molar-refractivity contribution in [1.82, 2.24) is 9.55 Å². The minimum Gasteiger partial charge on any atom is -0.429 e. The van der Waals surface area contributed by atoms with Crippen molar-refractivity contribution in [3.63, 3.8) is 0 Å². The van der Waals surface area contributed by atoms with Crippen molar-refractivity contribution < 1.29 is 38.0 Å². The van der Waals surface area contributed by atoms with E-state index in [1.807, 2.05) is 0 Å². The van der Waals surface area contributed by atoms with E-state index >= 15 is 0 Å². The van der Waals surface area contributed by atoms with E-state index in [0.717, 1.165) is 32.1 Å². The van der Waals surface area contributed by atoms with Crippen molar-refractivity contribution in [1.29, 1.82) is 0 Å². The Bertz CT molecular complexity index is 1020. The molecule has 3 unspecified atom stereocenters. The van der Waals surface area contributed by atoms with Gasteiger partial charge in [-0.25, -0.2) is 9.59 Å². The molecule has 12 nitrogen and oxygen atoms in total. The Balaban J connectivity index is 1.63. The van der Waals surface area contributed by atoms with Crippen LogP contribution in [-0.4, -0.2) is 72.0 Å². The van der Waals surface area contributed by atoms with E-state index in [0.29, 0.717) is 25.2 Å². The molecule has 1 aromatic rings. The van der Waals surface area contributed by atoms with E-state index in [2.05, 4.69) is 4.98 Å². The third-order valence-electron chi connectivity index (χ3n) is 6.36. The lowest BCUT2D eigenvalue weighted by Crippen LogP contribution is -2.45. The molecule has 3 aliphatic rings. The molecule has 0 bridgehead atoms. The first-order valence-corrected chi connectivity index (χ1v) is 13.0. The summed E-state index contributed by atoms with van der Waals surface area (Å²) in [5, 5.41) is 0. The molecular weight excluding hydrogens is 488 g/mol. The van der Waals surface area contributed by atoms with Gasteiger partial charge in [0.2, 0.25) is 0 Å². The number of carbonyl (C=O) groups is 1. The Morgan fingerprint density at radius 2 is 1.73 bits per heavy atom. The predicted octanol–water partition coefficient (Wildman–Crippen LogP) is 2.52. The molecule has 0 saturated carbocycles. The summed E-state index contributed by atoms with van der Waals surface area (Å²) in [6, 6.07) is 0. The van der Waals surface area contributed by atoms with Gasteiger partial charge in [0.25, 0.3) is 5.56 Å². The number of carbonyl (C=O) groups excluding carboxylic acids is 1. The van der Waals surface area contributed by atoms with Crippen molar-refractivity contribution >= 4 is 6.16 Å². The Morgan fingerprint density at radius 3 is 2.35 bits per heavy atom. The molecule has 1 N–H and O–H groups in total. The van der Waals surface area contributed by atoms with Crippen LogP contribution in [0.1, 0.15) is 71.1 Å². The van der Waals surface area contributed by atoms with Gasteiger partial charge in [-0.15, -0.1) is 0 Å². The van der Waals surface area contributed by atoms with E-state index in [1.165, 1.54) is 10.8 Å². The minimum absolute atomic E-state index is 0.0732. The van der Waals surface area contributed by atoms with Crippen molar-refractivity contribution in [3.05, 3.63) is 32.6 Å². The molecule has 1 aromatic heterocycles. The van der Waals surface area contributed by atoms with Gasteiger partial charge in [0.15, 0.2) is 24.9 Å². The average molecular weight is 527 g/mol. The van der Waals surface area contributed by atoms with E-state index in [4.69, 9.17) is 33.2 Å². The second-order valence-electron chi connectivity index (χ2n) is 10.6. The lowest BCUT2D eigenvalue weighted by atomic mass is 10.1. The number of aryl methyl sites for hydroxylation is 1. The molecule has 4 heterocycles. The van der Waals surface area contributed by atoms with Crippen molar-refractivity contribution in [3.8, 4) is 0 Å². The fourth-order valence-corrected chi connectivity index (χ4v) is 4.55. The van der Waals surface area contributed by atoms with Crippen LogP contribution in [0, 0.1) is 6.92 Å². The molecule has 4 rings (SSSR count). The second kappa shape index (κ2) is 12.1. The van der Waals surface area contributed by atoms with E-state index in [9.17, 15) is 14.4 Å². The highest BCUT2D eigenvalue weighted by molar-refractivity contribution is 5.61. The van der Waals surface area contributed by atoms with Crippen molar-refractivity contribution in [2.45, 2.75) is 109 Å². The SMILES string of the molecule is Cc1cn([C@@H]2O[C@H](COC3CCCCO3)[C@H](OC3CCCCO3)C2OC(=O)OC(C)(C)C)c(=O)[nH]c1=O. The Kier molecular flexibility index (Phi) is 9.07. The second-order valence-corrected chi connectivity index (χ2v) is 10.6. The highest BCUT2D eigenvalue weighted by atomic mass is 16.8. The van der Waals surface area contributed by atoms with Gasteiger partial charge in [-0.2, -0.15) is 0 Å². The summed E-state index contributed by atoms with van der Waals surface area (Å²) >= 11 is 0. The Labute approximate surface area is 215 Å². The van der Waals surface area contributed by atoms with Gasteiger partial charge in [-0.05, 0) is 66.2 Å². The molecule has 3 saturated heterocycles. The smallest absolute Gasteiger partial charge is 0.429 e. The fourth-order valence-electron chi connectivity index (χ4n) is 4.55. The first-order chi connectivity index (χ1) is 17.6. The standard InChI is InChI=1S/C25H38N2O10/c1-15-13-27(23(29)26-21(15)28)22-20(36-24(30)37-25(2,3)4)19(35-18-10-6-8-12-32-18)16(34-22)14-33-17-9-5-7-11-31-17/h13,16-20,22H,5-12,14H2,1-4H3,(H,26,28,29)/t16-,17?,18?,19+,20?,22-/m1/s1. The number of hydrogen-bond acceptors (Lipinski definition) is 10. The highest BCUT2D eigenvalue weighted by Crippen LogP contribution is 2.36. The fraction of sp³-hybridized carbons (Fsp3) is 0.800. The van der Waals surface area contributed by atoms with E-state index < -0.39 is 53.8 Å². The van der Waals surface area contributed by atoms with Crippen LogP contribution in [0.25, 0.3) is 0 Å². The number of rotatable bonds is 7. The number of hydrogen-bond donors (Lipinski definition) is 1. The first kappa shape index (κ1) is 27.8. The Hall–Kier alpha value is -2.25. The number of aromatic nitrogens is 2. The van der Waals surface area contributed by atoms with Gasteiger partial charge in [0.05, 0.1) is 6.61 Å². The summed E-state index contributed by atoms with van der Waals surface area (Å²) < 4.78 is 42.4. The number of aromatic amines is 1. The van der Waals surface area contributed by atoms with Gasteiger partial charge in [-0.1, -0.05) is 0 Å². The zero-order valence-electron chi connectivity index (χ0n) is 21.9. The third-order valence-corrected chi connectivity index (χ3v) is 6.36. The molecule has 208 valence electrons. The van der Waals surface area contributed by atoms with Crippen LogP contribution in [0.2, 0.25) is 0 Å². The lowest BCUT2D eigenvalue weighted by molar-refractivity contribution is -0.224. The quantitative estimate of drug-likeness (QED) is 0.528. The predicted molar refractivity (Wildman–Crippen MR) is 129 cm³/mol. The van der Waals surface area contributed by atoms with Crippen LogP contribution >= 0.6 is 0 Å². The minimum atomic E-state index is -1.11. The van der Waals surface area contributed by atoms with Gasteiger partial charge in [-0.3, -0.25) is 14.3 Å².